The van der Waals surface area contributed by atoms with E-state index in [0.717, 1.165) is 12.0 Å². The van der Waals surface area contributed by atoms with Crippen LogP contribution in [0.4, 0.5) is 0 Å². The van der Waals surface area contributed by atoms with E-state index in [-0.39, 0.29) is 11.9 Å². The molecule has 0 saturated carbocycles. The maximum atomic E-state index is 12.3. The molecule has 2 aromatic carbocycles. The van der Waals surface area contributed by atoms with Crippen LogP contribution in [0.3, 0.4) is 0 Å². The highest BCUT2D eigenvalue weighted by molar-refractivity contribution is 5.81. The molecule has 0 saturated heterocycles. The van der Waals surface area contributed by atoms with Crippen molar-refractivity contribution in [3.8, 4) is 5.75 Å². The topological polar surface area (TPSA) is 38.3 Å². The molecule has 0 aliphatic heterocycles. The molecule has 3 nitrogen and oxygen atoms in total. The molecule has 1 N–H and O–H groups in total. The number of benzene rings is 2. The lowest BCUT2D eigenvalue weighted by Crippen LogP contribution is -2.37. The molecule has 23 heavy (non-hydrogen) atoms. The number of hydrogen-bond donors (Lipinski definition) is 1. The van der Waals surface area contributed by atoms with Crippen LogP contribution in [0.25, 0.3) is 0 Å². The van der Waals surface area contributed by atoms with Gasteiger partial charge in [0.25, 0.3) is 5.91 Å². The largest absolute Gasteiger partial charge is 0.481 e. The molecular formula is C20H23NO2. The average molecular weight is 309 g/mol. The molecule has 3 rings (SSSR count). The Morgan fingerprint density at radius 1 is 1.04 bits per heavy atom. The van der Waals surface area contributed by atoms with Gasteiger partial charge < -0.3 is 10.1 Å². The van der Waals surface area contributed by atoms with Crippen LogP contribution in [0.1, 0.15) is 43.0 Å². The quantitative estimate of drug-likeness (QED) is 0.912. The van der Waals surface area contributed by atoms with Gasteiger partial charge in [-0.2, -0.15) is 0 Å². The van der Waals surface area contributed by atoms with E-state index in [4.69, 9.17) is 4.74 Å². The van der Waals surface area contributed by atoms with Crippen LogP contribution in [0.15, 0.2) is 48.5 Å². The summed E-state index contributed by atoms with van der Waals surface area (Å²) in [5.74, 6) is 0.613. The lowest BCUT2D eigenvalue weighted by atomic mass is 10.0. The fourth-order valence-electron chi connectivity index (χ4n) is 3.03. The zero-order valence-corrected chi connectivity index (χ0v) is 13.7. The Hall–Kier alpha value is -2.29. The molecule has 0 heterocycles. The molecule has 0 spiro atoms. The summed E-state index contributed by atoms with van der Waals surface area (Å²) in [6.45, 7) is 3.79. The monoisotopic (exact) mass is 309 g/mol. The minimum Gasteiger partial charge on any atom is -0.481 e. The van der Waals surface area contributed by atoms with E-state index in [2.05, 4.69) is 23.5 Å². The SMILES string of the molecule is C[C@H](Oc1ccccc1)C(=O)N[C@H](C)c1ccc2c(c1)CCC2. The van der Waals surface area contributed by atoms with Gasteiger partial charge in [0.1, 0.15) is 5.75 Å². The summed E-state index contributed by atoms with van der Waals surface area (Å²) in [7, 11) is 0. The predicted octanol–water partition coefficient (Wildman–Crippen LogP) is 3.82. The Morgan fingerprint density at radius 3 is 2.57 bits per heavy atom. The van der Waals surface area contributed by atoms with Gasteiger partial charge in [0.15, 0.2) is 6.10 Å². The first-order valence-corrected chi connectivity index (χ1v) is 8.27. The molecule has 3 heteroatoms. The summed E-state index contributed by atoms with van der Waals surface area (Å²) >= 11 is 0. The van der Waals surface area contributed by atoms with Crippen molar-refractivity contribution >= 4 is 5.91 Å². The molecule has 2 atom stereocenters. The van der Waals surface area contributed by atoms with Gasteiger partial charge >= 0.3 is 0 Å². The summed E-state index contributed by atoms with van der Waals surface area (Å²) < 4.78 is 5.67. The molecule has 1 aliphatic carbocycles. The number of nitrogens with one attached hydrogen (secondary N) is 1. The van der Waals surface area contributed by atoms with Crippen molar-refractivity contribution in [2.45, 2.75) is 45.3 Å². The summed E-state index contributed by atoms with van der Waals surface area (Å²) in [6.07, 6.45) is 3.05. The van der Waals surface area contributed by atoms with Crippen LogP contribution >= 0.6 is 0 Å². The van der Waals surface area contributed by atoms with Gasteiger partial charge in [-0.3, -0.25) is 4.79 Å². The van der Waals surface area contributed by atoms with Gasteiger partial charge in [0.05, 0.1) is 6.04 Å². The third-order valence-corrected chi connectivity index (χ3v) is 4.41. The van der Waals surface area contributed by atoms with Crippen LogP contribution in [0.5, 0.6) is 5.75 Å². The number of carbonyl (C=O) groups is 1. The summed E-state index contributed by atoms with van der Waals surface area (Å²) in [4.78, 5) is 12.3. The van der Waals surface area contributed by atoms with Crippen LogP contribution in [0.2, 0.25) is 0 Å². The number of amides is 1. The number of rotatable bonds is 5. The van der Waals surface area contributed by atoms with Crippen molar-refractivity contribution < 1.29 is 9.53 Å². The third kappa shape index (κ3) is 3.73. The van der Waals surface area contributed by atoms with Crippen LogP contribution < -0.4 is 10.1 Å². The molecule has 0 bridgehead atoms. The fourth-order valence-corrected chi connectivity index (χ4v) is 3.03. The minimum atomic E-state index is -0.519. The number of ether oxygens (including phenoxy) is 1. The summed E-state index contributed by atoms with van der Waals surface area (Å²) in [5, 5.41) is 3.04. The zero-order valence-electron chi connectivity index (χ0n) is 13.7. The van der Waals surface area contributed by atoms with Gasteiger partial charge in [0.2, 0.25) is 0 Å². The van der Waals surface area contributed by atoms with E-state index >= 15 is 0 Å². The van der Waals surface area contributed by atoms with E-state index in [9.17, 15) is 4.79 Å². The zero-order chi connectivity index (χ0) is 16.2. The molecule has 0 unspecified atom stereocenters. The van der Waals surface area contributed by atoms with Gasteiger partial charge in [0, 0.05) is 0 Å². The van der Waals surface area contributed by atoms with Crippen LogP contribution in [-0.2, 0) is 17.6 Å². The number of para-hydroxylation sites is 1. The highest BCUT2D eigenvalue weighted by Gasteiger charge is 2.19. The molecule has 1 aliphatic rings. The highest BCUT2D eigenvalue weighted by Crippen LogP contribution is 2.25. The molecule has 2 aromatic rings. The highest BCUT2D eigenvalue weighted by atomic mass is 16.5. The van der Waals surface area contributed by atoms with Gasteiger partial charge in [-0.05, 0) is 61.9 Å². The summed E-state index contributed by atoms with van der Waals surface area (Å²) in [6, 6.07) is 16.0. The number of fused-ring (bicyclic) bond motifs is 1. The normalized spacial score (nSPS) is 15.6. The average Bonchev–Trinajstić information content (AvgIpc) is 3.03. The first kappa shape index (κ1) is 15.6. The van der Waals surface area contributed by atoms with Gasteiger partial charge in [-0.15, -0.1) is 0 Å². The van der Waals surface area contributed by atoms with Gasteiger partial charge in [-0.25, -0.2) is 0 Å². The van der Waals surface area contributed by atoms with Crippen molar-refractivity contribution in [2.24, 2.45) is 0 Å². The Morgan fingerprint density at radius 2 is 1.78 bits per heavy atom. The number of carbonyl (C=O) groups excluding carboxylic acids is 1. The van der Waals surface area contributed by atoms with Crippen LogP contribution in [-0.4, -0.2) is 12.0 Å². The Balaban J connectivity index is 1.60. The Kier molecular flexibility index (Phi) is 4.65. The standard InChI is InChI=1S/C20H23NO2/c1-14(17-12-11-16-7-6-8-18(16)13-17)21-20(22)15(2)23-19-9-4-3-5-10-19/h3-5,9-15H,6-8H2,1-2H3,(H,21,22)/t14-,15+/m1/s1. The molecule has 1 amide bonds. The third-order valence-electron chi connectivity index (χ3n) is 4.41. The van der Waals surface area contributed by atoms with E-state index < -0.39 is 6.10 Å². The molecular weight excluding hydrogens is 286 g/mol. The van der Waals surface area contributed by atoms with Crippen molar-refractivity contribution in [2.75, 3.05) is 0 Å². The van der Waals surface area contributed by atoms with Gasteiger partial charge in [-0.1, -0.05) is 36.4 Å². The number of aryl methyl sites for hydroxylation is 2. The second-order valence-corrected chi connectivity index (χ2v) is 6.19. The molecule has 0 radical (unpaired) electrons. The van der Waals surface area contributed by atoms with E-state index in [1.54, 1.807) is 6.92 Å². The van der Waals surface area contributed by atoms with Crippen molar-refractivity contribution in [3.05, 3.63) is 65.2 Å². The predicted molar refractivity (Wildman–Crippen MR) is 91.6 cm³/mol. The number of hydrogen-bond acceptors (Lipinski definition) is 2. The van der Waals surface area contributed by atoms with Crippen molar-refractivity contribution in [1.29, 1.82) is 0 Å². The lowest BCUT2D eigenvalue weighted by molar-refractivity contribution is -0.127. The molecule has 0 aromatic heterocycles. The van der Waals surface area contributed by atoms with E-state index in [1.807, 2.05) is 37.3 Å². The van der Waals surface area contributed by atoms with E-state index in [0.29, 0.717) is 5.75 Å². The van der Waals surface area contributed by atoms with Crippen molar-refractivity contribution in [3.63, 3.8) is 0 Å². The first-order chi connectivity index (χ1) is 11.1. The van der Waals surface area contributed by atoms with Crippen LogP contribution in [0, 0.1) is 0 Å². The summed E-state index contributed by atoms with van der Waals surface area (Å²) in [5.41, 5.74) is 4.04. The lowest BCUT2D eigenvalue weighted by Gasteiger charge is -2.19. The maximum absolute atomic E-state index is 12.3. The second kappa shape index (κ2) is 6.86. The molecule has 120 valence electrons. The second-order valence-electron chi connectivity index (χ2n) is 6.19. The minimum absolute atomic E-state index is 0.0183. The van der Waals surface area contributed by atoms with Crippen molar-refractivity contribution in [1.82, 2.24) is 5.32 Å². The smallest absolute Gasteiger partial charge is 0.261 e. The Labute approximate surface area is 137 Å². The van der Waals surface area contributed by atoms with E-state index in [1.165, 1.54) is 24.0 Å². The Bertz CT molecular complexity index is 681. The maximum Gasteiger partial charge on any atom is 0.261 e. The first-order valence-electron chi connectivity index (χ1n) is 8.27. The molecule has 0 fully saturated rings. The fraction of sp³-hybridized carbons (Fsp3) is 0.350.